The normalized spacial score (nSPS) is 10.5. The molecule has 4 heteroatoms. The highest BCUT2D eigenvalue weighted by Gasteiger charge is 2.10. The molecule has 0 aliphatic carbocycles. The topological polar surface area (TPSA) is 26.3 Å². The van der Waals surface area contributed by atoms with Crippen molar-refractivity contribution in [3.63, 3.8) is 0 Å². The average molecular weight is 433 g/mol. The predicted molar refractivity (Wildman–Crippen MR) is 116 cm³/mol. The zero-order chi connectivity index (χ0) is 18.8. The lowest BCUT2D eigenvalue weighted by molar-refractivity contribution is 0.0601. The Morgan fingerprint density at radius 2 is 1.96 bits per heavy atom. The molecule has 0 radical (unpaired) electrons. The van der Waals surface area contributed by atoms with Crippen molar-refractivity contribution in [3.8, 4) is 11.1 Å². The van der Waals surface area contributed by atoms with Crippen LogP contribution in [0.2, 0.25) is 0 Å². The van der Waals surface area contributed by atoms with Gasteiger partial charge in [0.15, 0.2) is 0 Å². The number of carbonyl (C=O) groups is 1. The maximum absolute atomic E-state index is 11.9. The van der Waals surface area contributed by atoms with Crippen molar-refractivity contribution in [2.24, 2.45) is 0 Å². The molecule has 0 aliphatic rings. The molecule has 2 nitrogen and oxygen atoms in total. The summed E-state index contributed by atoms with van der Waals surface area (Å²) in [5.41, 5.74) is 3.66. The van der Waals surface area contributed by atoms with Gasteiger partial charge in [-0.3, -0.25) is 0 Å². The first-order chi connectivity index (χ1) is 12.7. The molecule has 0 amide bonds. The molecular weight excluding hydrogens is 408 g/mol. The van der Waals surface area contributed by atoms with Crippen LogP contribution >= 0.6 is 27.7 Å². The van der Waals surface area contributed by atoms with Gasteiger partial charge in [0.1, 0.15) is 0 Å². The predicted octanol–water partition coefficient (Wildman–Crippen LogP) is 6.83. The minimum absolute atomic E-state index is 0.323. The summed E-state index contributed by atoms with van der Waals surface area (Å²) in [6.07, 6.45) is 6.87. The van der Waals surface area contributed by atoms with Gasteiger partial charge in [-0.2, -0.15) is 0 Å². The monoisotopic (exact) mass is 432 g/mol. The molecular formula is C22H25BrO2S. The minimum atomic E-state index is -0.323. The van der Waals surface area contributed by atoms with Crippen molar-refractivity contribution in [1.82, 2.24) is 0 Å². The Kier molecular flexibility index (Phi) is 8.99. The maximum atomic E-state index is 11.9. The number of alkyl halides is 1. The Balaban J connectivity index is 2.13. The Morgan fingerprint density at radius 1 is 1.15 bits per heavy atom. The van der Waals surface area contributed by atoms with Crippen LogP contribution in [0.5, 0.6) is 0 Å². The van der Waals surface area contributed by atoms with Gasteiger partial charge >= 0.3 is 5.97 Å². The van der Waals surface area contributed by atoms with Gasteiger partial charge in [-0.05, 0) is 59.6 Å². The Labute approximate surface area is 169 Å². The maximum Gasteiger partial charge on any atom is 0.337 e. The first-order valence-electron chi connectivity index (χ1n) is 8.83. The highest BCUT2D eigenvalue weighted by Crippen LogP contribution is 2.30. The Hall–Kier alpha value is -1.52. The molecule has 2 aromatic carbocycles. The summed E-state index contributed by atoms with van der Waals surface area (Å²) in [5, 5.41) is 1.10. The van der Waals surface area contributed by atoms with Gasteiger partial charge < -0.3 is 4.74 Å². The fraction of sp³-hybridized carbons (Fsp3) is 0.318. The van der Waals surface area contributed by atoms with Crippen LogP contribution in [0.4, 0.5) is 0 Å². The number of thioether (sulfide) groups is 1. The number of esters is 1. The van der Waals surface area contributed by atoms with Gasteiger partial charge in [0.2, 0.25) is 0 Å². The summed E-state index contributed by atoms with van der Waals surface area (Å²) in [5.74, 6) is 0.804. The van der Waals surface area contributed by atoms with E-state index in [4.69, 9.17) is 4.74 Å². The van der Waals surface area contributed by atoms with Crippen molar-refractivity contribution >= 4 is 39.7 Å². The van der Waals surface area contributed by atoms with Crippen LogP contribution in [0.25, 0.3) is 17.2 Å². The van der Waals surface area contributed by atoms with E-state index < -0.39 is 0 Å². The van der Waals surface area contributed by atoms with Crippen molar-refractivity contribution in [2.75, 3.05) is 18.2 Å². The standard InChI is InChI=1S/C22H25BrO2S/c1-3-17-11-12-19(22(24)25-2)16-21(17)18-9-8-10-20(15-18)26-14-7-5-4-6-13-23/h3,8-12,15-16H,1,4-7,13-14H2,2H3. The number of halogens is 1. The number of unbranched alkanes of at least 4 members (excludes halogenated alkanes) is 3. The van der Waals surface area contributed by atoms with Crippen LogP contribution in [0, 0.1) is 0 Å². The zero-order valence-corrected chi connectivity index (χ0v) is 17.6. The van der Waals surface area contributed by atoms with Crippen LogP contribution in [-0.4, -0.2) is 24.2 Å². The largest absolute Gasteiger partial charge is 0.465 e. The van der Waals surface area contributed by atoms with Gasteiger partial charge in [0.05, 0.1) is 12.7 Å². The van der Waals surface area contributed by atoms with Gasteiger partial charge in [0, 0.05) is 10.2 Å². The summed E-state index contributed by atoms with van der Waals surface area (Å²) in [7, 11) is 1.40. The smallest absolute Gasteiger partial charge is 0.337 e. The lowest BCUT2D eigenvalue weighted by Gasteiger charge is -2.10. The lowest BCUT2D eigenvalue weighted by atomic mass is 9.97. The van der Waals surface area contributed by atoms with Crippen LogP contribution in [0.3, 0.4) is 0 Å². The van der Waals surface area contributed by atoms with E-state index >= 15 is 0 Å². The second kappa shape index (κ2) is 11.2. The first-order valence-corrected chi connectivity index (χ1v) is 10.9. The fourth-order valence-corrected chi connectivity index (χ4v) is 4.09. The molecule has 0 aliphatic heterocycles. The van der Waals surface area contributed by atoms with Gasteiger partial charge in [-0.25, -0.2) is 4.79 Å². The van der Waals surface area contributed by atoms with E-state index in [9.17, 15) is 4.79 Å². The molecule has 0 atom stereocenters. The van der Waals surface area contributed by atoms with Crippen LogP contribution in [-0.2, 0) is 4.74 Å². The van der Waals surface area contributed by atoms with E-state index in [0.717, 1.165) is 27.8 Å². The highest BCUT2D eigenvalue weighted by molar-refractivity contribution is 9.09. The summed E-state index contributed by atoms with van der Waals surface area (Å²) < 4.78 is 4.85. The summed E-state index contributed by atoms with van der Waals surface area (Å²) in [6.45, 7) is 3.89. The van der Waals surface area contributed by atoms with E-state index in [1.165, 1.54) is 37.7 Å². The molecule has 2 rings (SSSR count). The van der Waals surface area contributed by atoms with Gasteiger partial charge in [-0.1, -0.05) is 59.6 Å². The van der Waals surface area contributed by atoms with E-state index in [0.29, 0.717) is 5.56 Å². The third-order valence-electron chi connectivity index (χ3n) is 4.14. The SMILES string of the molecule is C=Cc1ccc(C(=O)OC)cc1-c1cccc(SCCCCCCBr)c1. The van der Waals surface area contributed by atoms with Crippen LogP contribution in [0.1, 0.15) is 41.6 Å². The molecule has 0 unspecified atom stereocenters. The average Bonchev–Trinajstić information content (AvgIpc) is 2.69. The fourth-order valence-electron chi connectivity index (χ4n) is 2.72. The highest BCUT2D eigenvalue weighted by atomic mass is 79.9. The molecule has 0 heterocycles. The molecule has 0 spiro atoms. The number of carbonyl (C=O) groups excluding carboxylic acids is 1. The number of hydrogen-bond donors (Lipinski definition) is 0. The molecule has 0 saturated heterocycles. The van der Waals surface area contributed by atoms with Gasteiger partial charge in [0.25, 0.3) is 0 Å². The third-order valence-corrected chi connectivity index (χ3v) is 5.78. The quantitative estimate of drug-likeness (QED) is 0.178. The minimum Gasteiger partial charge on any atom is -0.465 e. The number of benzene rings is 2. The van der Waals surface area contributed by atoms with Crippen molar-refractivity contribution in [1.29, 1.82) is 0 Å². The van der Waals surface area contributed by atoms with Crippen LogP contribution < -0.4 is 0 Å². The first kappa shape index (κ1) is 20.8. The van der Waals surface area contributed by atoms with Crippen molar-refractivity contribution in [3.05, 3.63) is 60.2 Å². The lowest BCUT2D eigenvalue weighted by Crippen LogP contribution is -2.01. The number of ether oxygens (including phenoxy) is 1. The van der Waals surface area contributed by atoms with Crippen molar-refractivity contribution in [2.45, 2.75) is 30.6 Å². The van der Waals surface area contributed by atoms with E-state index in [2.05, 4.69) is 46.8 Å². The summed E-state index contributed by atoms with van der Waals surface area (Å²) in [4.78, 5) is 13.1. The third kappa shape index (κ3) is 6.03. The summed E-state index contributed by atoms with van der Waals surface area (Å²) in [6, 6.07) is 14.0. The number of methoxy groups -OCH3 is 1. The Morgan fingerprint density at radius 3 is 2.69 bits per heavy atom. The molecule has 138 valence electrons. The van der Waals surface area contributed by atoms with E-state index in [1.807, 2.05) is 30.0 Å². The second-order valence-corrected chi connectivity index (χ2v) is 7.94. The Bertz CT molecular complexity index is 743. The summed E-state index contributed by atoms with van der Waals surface area (Å²) >= 11 is 5.36. The molecule has 0 aromatic heterocycles. The zero-order valence-electron chi connectivity index (χ0n) is 15.2. The second-order valence-electron chi connectivity index (χ2n) is 5.98. The molecule has 26 heavy (non-hydrogen) atoms. The van der Waals surface area contributed by atoms with Gasteiger partial charge in [-0.15, -0.1) is 11.8 Å². The molecule has 2 aromatic rings. The molecule has 0 N–H and O–H groups in total. The molecule has 0 fully saturated rings. The van der Waals surface area contributed by atoms with Crippen LogP contribution in [0.15, 0.2) is 53.9 Å². The number of hydrogen-bond acceptors (Lipinski definition) is 3. The number of rotatable bonds is 10. The molecule has 0 bridgehead atoms. The van der Waals surface area contributed by atoms with E-state index in [-0.39, 0.29) is 5.97 Å². The van der Waals surface area contributed by atoms with Crippen molar-refractivity contribution < 1.29 is 9.53 Å². The van der Waals surface area contributed by atoms with E-state index in [1.54, 1.807) is 6.07 Å². The molecule has 0 saturated carbocycles.